The van der Waals surface area contributed by atoms with Gasteiger partial charge in [0.15, 0.2) is 0 Å². The highest BCUT2D eigenvalue weighted by atomic mass is 35.5. The fraction of sp³-hybridized carbons (Fsp3) is 0.111. The van der Waals surface area contributed by atoms with Crippen LogP contribution in [0.5, 0.6) is 0 Å². The molecule has 0 aliphatic heterocycles. The lowest BCUT2D eigenvalue weighted by Gasteiger charge is -2.04. The number of H-pyrrole nitrogens is 1. The topological polar surface area (TPSA) is 92.7 Å². The van der Waals surface area contributed by atoms with Crippen LogP contribution in [-0.2, 0) is 4.79 Å². The van der Waals surface area contributed by atoms with Crippen LogP contribution in [0.3, 0.4) is 0 Å². The van der Waals surface area contributed by atoms with E-state index in [-0.39, 0.29) is 11.8 Å². The molecule has 0 radical (unpaired) electrons. The lowest BCUT2D eigenvalue weighted by Crippen LogP contribution is -2.17. The number of benzene rings is 1. The highest BCUT2D eigenvalue weighted by Crippen LogP contribution is 2.12. The summed E-state index contributed by atoms with van der Waals surface area (Å²) in [6.07, 6.45) is 0. The molecule has 0 fully saturated rings. The zero-order valence-electron chi connectivity index (χ0n) is 8.55. The summed E-state index contributed by atoms with van der Waals surface area (Å²) in [5.74, 6) is -0.454. The van der Waals surface area contributed by atoms with Gasteiger partial charge in [0.2, 0.25) is 5.91 Å². The predicted octanol–water partition coefficient (Wildman–Crippen LogP) is 0.133. The molecule has 0 aliphatic rings. The van der Waals surface area contributed by atoms with Gasteiger partial charge in [0.05, 0.1) is 5.69 Å². The molecule has 1 heterocycles. The molecule has 17 heavy (non-hydrogen) atoms. The third kappa shape index (κ3) is 2.51. The van der Waals surface area contributed by atoms with E-state index in [1.807, 2.05) is 0 Å². The molecule has 0 spiro atoms. The number of hydrogen-bond donors (Lipinski definition) is 2. The van der Waals surface area contributed by atoms with Crippen LogP contribution in [0.2, 0.25) is 0 Å². The van der Waals surface area contributed by atoms with Gasteiger partial charge in [-0.3, -0.25) is 4.79 Å². The van der Waals surface area contributed by atoms with Gasteiger partial charge in [0, 0.05) is 5.69 Å². The summed E-state index contributed by atoms with van der Waals surface area (Å²) in [6, 6.07) is 6.62. The van der Waals surface area contributed by atoms with Gasteiger partial charge in [0.1, 0.15) is 5.88 Å². The first-order valence-electron chi connectivity index (χ1n) is 4.67. The van der Waals surface area contributed by atoms with Crippen LogP contribution in [0.4, 0.5) is 5.69 Å². The Hall–Kier alpha value is -2.15. The van der Waals surface area contributed by atoms with Gasteiger partial charge in [0.25, 0.3) is 0 Å². The maximum absolute atomic E-state index is 11.3. The molecule has 2 aromatic rings. The van der Waals surface area contributed by atoms with Crippen LogP contribution < -0.4 is 11.0 Å². The first kappa shape index (κ1) is 11.3. The number of nitrogens with one attached hydrogen (secondary N) is 2. The van der Waals surface area contributed by atoms with Crippen LogP contribution in [0.1, 0.15) is 0 Å². The van der Waals surface area contributed by atoms with Gasteiger partial charge >= 0.3 is 5.69 Å². The molecule has 0 atom stereocenters. The monoisotopic (exact) mass is 253 g/mol. The van der Waals surface area contributed by atoms with E-state index in [4.69, 9.17) is 11.6 Å². The summed E-state index contributed by atoms with van der Waals surface area (Å²) in [5.41, 5.74) is 0.574. The average Bonchev–Trinajstić information content (AvgIpc) is 2.75. The van der Waals surface area contributed by atoms with Crippen molar-refractivity contribution in [1.82, 2.24) is 20.2 Å². The third-order valence-corrected chi connectivity index (χ3v) is 2.21. The van der Waals surface area contributed by atoms with Crippen molar-refractivity contribution < 1.29 is 4.79 Å². The van der Waals surface area contributed by atoms with E-state index in [2.05, 4.69) is 20.8 Å². The third-order valence-electron chi connectivity index (χ3n) is 1.97. The minimum absolute atomic E-state index is 0.131. The van der Waals surface area contributed by atoms with Gasteiger partial charge in [-0.1, -0.05) is 6.07 Å². The number of tetrazole rings is 1. The summed E-state index contributed by atoms with van der Waals surface area (Å²) in [7, 11) is 0. The number of alkyl halides is 1. The minimum Gasteiger partial charge on any atom is -0.325 e. The van der Waals surface area contributed by atoms with Gasteiger partial charge in [-0.2, -0.15) is 4.68 Å². The van der Waals surface area contributed by atoms with Crippen molar-refractivity contribution in [2.45, 2.75) is 0 Å². The van der Waals surface area contributed by atoms with Gasteiger partial charge in [-0.15, -0.1) is 11.6 Å². The van der Waals surface area contributed by atoms with Crippen molar-refractivity contribution in [1.29, 1.82) is 0 Å². The highest BCUT2D eigenvalue weighted by Gasteiger charge is 2.05. The molecule has 1 amide bonds. The molecule has 88 valence electrons. The van der Waals surface area contributed by atoms with E-state index >= 15 is 0 Å². The fourth-order valence-corrected chi connectivity index (χ4v) is 1.34. The Bertz CT molecular complexity index is 591. The second kappa shape index (κ2) is 4.79. The summed E-state index contributed by atoms with van der Waals surface area (Å²) < 4.78 is 1.08. The number of halogens is 1. The zero-order valence-corrected chi connectivity index (χ0v) is 9.31. The summed E-state index contributed by atoms with van der Waals surface area (Å²) in [4.78, 5) is 22.4. The molecule has 2 rings (SSSR count). The highest BCUT2D eigenvalue weighted by molar-refractivity contribution is 6.29. The number of amides is 1. The number of aromatic amines is 1. The average molecular weight is 254 g/mol. The Morgan fingerprint density at radius 2 is 2.35 bits per heavy atom. The number of carbonyl (C=O) groups is 1. The standard InChI is InChI=1S/C9H8ClN5O2/c10-5-8(16)11-6-2-1-3-7(4-6)15-9(17)12-13-14-15/h1-4H,5H2,(H,11,16)(H,12,14,17). The van der Waals surface area contributed by atoms with Crippen molar-refractivity contribution in [3.63, 3.8) is 0 Å². The van der Waals surface area contributed by atoms with Gasteiger partial charge < -0.3 is 5.32 Å². The van der Waals surface area contributed by atoms with Crippen LogP contribution in [-0.4, -0.2) is 32.0 Å². The fourth-order valence-electron chi connectivity index (χ4n) is 1.28. The van der Waals surface area contributed by atoms with E-state index in [0.29, 0.717) is 11.4 Å². The molecule has 0 bridgehead atoms. The normalized spacial score (nSPS) is 10.2. The molecule has 7 nitrogen and oxygen atoms in total. The zero-order chi connectivity index (χ0) is 12.3. The number of anilines is 1. The Morgan fingerprint density at radius 1 is 1.53 bits per heavy atom. The molecule has 8 heteroatoms. The van der Waals surface area contributed by atoms with Crippen LogP contribution in [0.25, 0.3) is 5.69 Å². The van der Waals surface area contributed by atoms with E-state index in [1.54, 1.807) is 24.3 Å². The van der Waals surface area contributed by atoms with E-state index in [9.17, 15) is 9.59 Å². The molecular formula is C9H8ClN5O2. The van der Waals surface area contributed by atoms with E-state index < -0.39 is 5.69 Å². The molecular weight excluding hydrogens is 246 g/mol. The van der Waals surface area contributed by atoms with Gasteiger partial charge in [-0.05, 0) is 28.6 Å². The molecule has 0 saturated carbocycles. The van der Waals surface area contributed by atoms with Crippen LogP contribution >= 0.6 is 11.6 Å². The lowest BCUT2D eigenvalue weighted by molar-refractivity contribution is -0.113. The second-order valence-electron chi connectivity index (χ2n) is 3.15. The van der Waals surface area contributed by atoms with Crippen LogP contribution in [0.15, 0.2) is 29.1 Å². The summed E-state index contributed by atoms with van der Waals surface area (Å²) in [6.45, 7) is 0. The van der Waals surface area contributed by atoms with Crippen molar-refractivity contribution >= 4 is 23.2 Å². The first-order valence-corrected chi connectivity index (χ1v) is 5.21. The first-order chi connectivity index (χ1) is 8.20. The minimum atomic E-state index is -0.453. The molecule has 2 N–H and O–H groups in total. The van der Waals surface area contributed by atoms with Crippen molar-refractivity contribution in [2.75, 3.05) is 11.2 Å². The Kier molecular flexibility index (Phi) is 3.20. The summed E-state index contributed by atoms with van der Waals surface area (Å²) in [5, 5.41) is 11.7. The van der Waals surface area contributed by atoms with Crippen LogP contribution in [0, 0.1) is 0 Å². The molecule has 0 unspecified atom stereocenters. The number of aromatic nitrogens is 4. The smallest absolute Gasteiger partial charge is 0.325 e. The largest absolute Gasteiger partial charge is 0.365 e. The Balaban J connectivity index is 2.32. The van der Waals surface area contributed by atoms with Crippen molar-refractivity contribution in [2.24, 2.45) is 0 Å². The lowest BCUT2D eigenvalue weighted by atomic mass is 10.3. The van der Waals surface area contributed by atoms with E-state index in [1.165, 1.54) is 0 Å². The molecule has 1 aromatic carbocycles. The quantitative estimate of drug-likeness (QED) is 0.761. The van der Waals surface area contributed by atoms with Crippen molar-refractivity contribution in [3.8, 4) is 5.69 Å². The summed E-state index contributed by atoms with van der Waals surface area (Å²) >= 11 is 5.37. The SMILES string of the molecule is O=C(CCl)Nc1cccc(-n2nn[nH]c2=O)c1. The maximum Gasteiger partial charge on any atom is 0.365 e. The molecule has 0 aliphatic carbocycles. The predicted molar refractivity (Wildman–Crippen MR) is 61.3 cm³/mol. The number of rotatable bonds is 3. The number of carbonyl (C=O) groups excluding carboxylic acids is 1. The van der Waals surface area contributed by atoms with Crippen molar-refractivity contribution in [3.05, 3.63) is 34.7 Å². The maximum atomic E-state index is 11.3. The van der Waals surface area contributed by atoms with E-state index in [0.717, 1.165) is 4.68 Å². The second-order valence-corrected chi connectivity index (χ2v) is 3.42. The molecule has 1 aromatic heterocycles. The Labute approximate surface area is 100 Å². The number of nitrogens with zero attached hydrogens (tertiary/aromatic N) is 3. The molecule has 0 saturated heterocycles. The Morgan fingerprint density at radius 3 is 3.00 bits per heavy atom. The van der Waals surface area contributed by atoms with Gasteiger partial charge in [-0.25, -0.2) is 9.89 Å². The number of hydrogen-bond acceptors (Lipinski definition) is 4.